The van der Waals surface area contributed by atoms with Crippen molar-refractivity contribution < 1.29 is 9.90 Å². The molecule has 5 fully saturated rings. The smallest absolute Gasteiger partial charge is 0.260 e. The SMILES string of the molecule is O=C(c1ccc[nH]c1=O)N1C[C@H]2CC34CC1C2C31CCN(C2CCC2)C4Cc2ccc(O)cc21. The van der Waals surface area contributed by atoms with Gasteiger partial charge in [-0.2, -0.15) is 0 Å². The van der Waals surface area contributed by atoms with Gasteiger partial charge in [-0.05, 0) is 97.7 Å². The molecule has 6 heteroatoms. The Balaban J connectivity index is 1.28. The van der Waals surface area contributed by atoms with E-state index >= 15 is 0 Å². The van der Waals surface area contributed by atoms with Gasteiger partial charge in [0.15, 0.2) is 0 Å². The lowest BCUT2D eigenvalue weighted by Gasteiger charge is -2.62. The van der Waals surface area contributed by atoms with Gasteiger partial charge in [-0.25, -0.2) is 0 Å². The summed E-state index contributed by atoms with van der Waals surface area (Å²) in [6.07, 6.45) is 9.97. The van der Waals surface area contributed by atoms with E-state index in [9.17, 15) is 14.7 Å². The lowest BCUT2D eigenvalue weighted by atomic mass is 9.50. The van der Waals surface area contributed by atoms with Gasteiger partial charge in [0.25, 0.3) is 11.5 Å². The van der Waals surface area contributed by atoms with Crippen LogP contribution in [0.3, 0.4) is 0 Å². The Bertz CT molecular complexity index is 1280. The van der Waals surface area contributed by atoms with Crippen molar-refractivity contribution in [2.75, 3.05) is 13.1 Å². The van der Waals surface area contributed by atoms with E-state index in [-0.39, 0.29) is 33.9 Å². The van der Waals surface area contributed by atoms with Crippen LogP contribution >= 0.6 is 0 Å². The Morgan fingerprint density at radius 2 is 2.06 bits per heavy atom. The predicted molar refractivity (Wildman–Crippen MR) is 127 cm³/mol. The summed E-state index contributed by atoms with van der Waals surface area (Å²) in [5.41, 5.74) is 2.96. The third kappa shape index (κ3) is 2.09. The van der Waals surface area contributed by atoms with E-state index in [4.69, 9.17) is 0 Å². The molecular formula is C28H31N3O3. The Morgan fingerprint density at radius 1 is 1.18 bits per heavy atom. The summed E-state index contributed by atoms with van der Waals surface area (Å²) in [4.78, 5) is 33.7. The molecule has 4 aliphatic carbocycles. The number of carbonyl (C=O) groups is 1. The molecule has 6 atom stereocenters. The first kappa shape index (κ1) is 19.7. The highest BCUT2D eigenvalue weighted by atomic mass is 16.3. The molecule has 0 spiro atoms. The van der Waals surface area contributed by atoms with Crippen molar-refractivity contribution in [3.8, 4) is 5.75 Å². The van der Waals surface area contributed by atoms with Crippen molar-refractivity contribution in [1.82, 2.24) is 14.8 Å². The number of aromatic amines is 1. The van der Waals surface area contributed by atoms with E-state index in [0.29, 0.717) is 29.7 Å². The van der Waals surface area contributed by atoms with Crippen LogP contribution in [-0.4, -0.2) is 57.0 Å². The molecule has 6 nitrogen and oxygen atoms in total. The number of phenolic OH excluding ortho intramolecular Hbond substituents is 1. The van der Waals surface area contributed by atoms with Crippen LogP contribution in [0.5, 0.6) is 5.75 Å². The van der Waals surface area contributed by atoms with Crippen molar-refractivity contribution in [2.24, 2.45) is 17.3 Å². The summed E-state index contributed by atoms with van der Waals surface area (Å²) < 4.78 is 0. The van der Waals surface area contributed by atoms with Crippen LogP contribution in [0.4, 0.5) is 0 Å². The van der Waals surface area contributed by atoms with Crippen molar-refractivity contribution >= 4 is 5.91 Å². The third-order valence-corrected chi connectivity index (χ3v) is 11.1. The highest BCUT2D eigenvalue weighted by Gasteiger charge is 2.79. The van der Waals surface area contributed by atoms with Gasteiger partial charge in [0, 0.05) is 36.3 Å². The second kappa shape index (κ2) is 6.34. The molecule has 1 amide bonds. The minimum Gasteiger partial charge on any atom is -0.508 e. The lowest BCUT2D eigenvalue weighted by Crippen LogP contribution is -2.66. The minimum atomic E-state index is -0.291. The third-order valence-electron chi connectivity index (χ3n) is 11.1. The van der Waals surface area contributed by atoms with Crippen LogP contribution in [-0.2, 0) is 11.8 Å². The van der Waals surface area contributed by atoms with Crippen LogP contribution in [0, 0.1) is 17.3 Å². The first-order chi connectivity index (χ1) is 16.5. The summed E-state index contributed by atoms with van der Waals surface area (Å²) >= 11 is 0. The second-order valence-electron chi connectivity index (χ2n) is 11.9. The number of amides is 1. The number of benzene rings is 1. The number of hydrogen-bond acceptors (Lipinski definition) is 4. The number of carbonyl (C=O) groups excluding carboxylic acids is 1. The number of rotatable bonds is 2. The van der Waals surface area contributed by atoms with Gasteiger partial charge in [0.1, 0.15) is 11.3 Å². The van der Waals surface area contributed by atoms with Crippen LogP contribution in [0.25, 0.3) is 0 Å². The maximum Gasteiger partial charge on any atom is 0.260 e. The van der Waals surface area contributed by atoms with Crippen molar-refractivity contribution in [3.05, 3.63) is 63.6 Å². The van der Waals surface area contributed by atoms with Gasteiger partial charge in [-0.1, -0.05) is 12.5 Å². The van der Waals surface area contributed by atoms with Crippen molar-refractivity contribution in [2.45, 2.75) is 68.5 Å². The van der Waals surface area contributed by atoms with Gasteiger partial charge in [-0.3, -0.25) is 14.5 Å². The maximum atomic E-state index is 13.7. The summed E-state index contributed by atoms with van der Waals surface area (Å²) in [5, 5.41) is 10.5. The molecule has 1 aromatic carbocycles. The van der Waals surface area contributed by atoms with E-state index in [1.54, 1.807) is 18.3 Å². The fourth-order valence-corrected chi connectivity index (χ4v) is 9.95. The number of aromatic nitrogens is 1. The maximum absolute atomic E-state index is 13.7. The fourth-order valence-electron chi connectivity index (χ4n) is 9.95. The zero-order chi connectivity index (χ0) is 22.8. The lowest BCUT2D eigenvalue weighted by molar-refractivity contribution is -0.0763. The van der Waals surface area contributed by atoms with Gasteiger partial charge >= 0.3 is 0 Å². The average Bonchev–Trinajstić information content (AvgIpc) is 3.34. The molecule has 2 aromatic rings. The molecule has 0 radical (unpaired) electrons. The number of likely N-dealkylation sites (tertiary alicyclic amines) is 2. The number of nitrogens with one attached hydrogen (secondary N) is 1. The molecule has 5 unspecified atom stereocenters. The first-order valence-corrected chi connectivity index (χ1v) is 13.1. The number of pyridine rings is 1. The number of aromatic hydroxyl groups is 1. The van der Waals surface area contributed by atoms with Crippen LogP contribution < -0.4 is 5.56 Å². The Hall–Kier alpha value is -2.60. The number of hydrogen-bond donors (Lipinski definition) is 2. The van der Waals surface area contributed by atoms with Gasteiger partial charge in [-0.15, -0.1) is 0 Å². The largest absolute Gasteiger partial charge is 0.508 e. The monoisotopic (exact) mass is 457 g/mol. The molecule has 2 saturated heterocycles. The van der Waals surface area contributed by atoms with Crippen molar-refractivity contribution in [3.63, 3.8) is 0 Å². The molecule has 2 N–H and O–H groups in total. The normalized spacial score (nSPS) is 39.6. The Kier molecular flexibility index (Phi) is 3.67. The molecule has 3 saturated carbocycles. The molecule has 8 rings (SSSR count). The van der Waals surface area contributed by atoms with Crippen LogP contribution in [0.15, 0.2) is 41.3 Å². The zero-order valence-corrected chi connectivity index (χ0v) is 19.4. The molecule has 1 aromatic heterocycles. The molecule has 34 heavy (non-hydrogen) atoms. The van der Waals surface area contributed by atoms with Crippen molar-refractivity contribution in [1.29, 1.82) is 0 Å². The van der Waals surface area contributed by atoms with E-state index in [1.165, 1.54) is 36.8 Å². The molecule has 4 bridgehead atoms. The summed E-state index contributed by atoms with van der Waals surface area (Å²) in [6.45, 7) is 1.89. The average molecular weight is 458 g/mol. The van der Waals surface area contributed by atoms with E-state index in [0.717, 1.165) is 32.4 Å². The van der Waals surface area contributed by atoms with Gasteiger partial charge in [0.05, 0.1) is 0 Å². The second-order valence-corrected chi connectivity index (χ2v) is 11.9. The number of phenols is 1. The molecule has 6 aliphatic rings. The highest BCUT2D eigenvalue weighted by molar-refractivity contribution is 5.94. The van der Waals surface area contributed by atoms with E-state index < -0.39 is 0 Å². The summed E-state index contributed by atoms with van der Waals surface area (Å²) in [5.74, 6) is 1.16. The minimum absolute atomic E-state index is 0.0394. The first-order valence-electron chi connectivity index (χ1n) is 13.1. The van der Waals surface area contributed by atoms with E-state index in [1.807, 2.05) is 6.07 Å². The molecular weight excluding hydrogens is 426 g/mol. The van der Waals surface area contributed by atoms with Gasteiger partial charge < -0.3 is 15.0 Å². The Morgan fingerprint density at radius 3 is 2.85 bits per heavy atom. The fraction of sp³-hybridized carbons (Fsp3) is 0.571. The zero-order valence-electron chi connectivity index (χ0n) is 19.4. The Labute approximate surface area is 199 Å². The van der Waals surface area contributed by atoms with Gasteiger partial charge in [0.2, 0.25) is 0 Å². The molecule has 176 valence electrons. The summed E-state index contributed by atoms with van der Waals surface area (Å²) in [7, 11) is 0. The number of H-pyrrole nitrogens is 1. The van der Waals surface area contributed by atoms with Crippen LogP contribution in [0.2, 0.25) is 0 Å². The number of piperidine rings is 1. The molecule has 2 aliphatic heterocycles. The number of fused-ring (bicyclic) bond motifs is 1. The standard InChI is InChI=1S/C28H31N3O3/c32-19-7-6-16-11-23-27-13-17-15-31(26(34)20-5-2-9-29-25(20)33)22(14-27)24(17)28(27,21(16)12-19)8-10-30(23)18-3-1-4-18/h2,5-7,9,12,17-18,22-24,32H,1,3-4,8,10-11,13-15H2,(H,29,33)/t17-,22?,23?,24?,27?,28?/m1/s1. The van der Waals surface area contributed by atoms with Crippen LogP contribution in [0.1, 0.15) is 60.0 Å². The summed E-state index contributed by atoms with van der Waals surface area (Å²) in [6, 6.07) is 10.9. The number of nitrogens with zero attached hydrogens (tertiary/aromatic N) is 2. The topological polar surface area (TPSA) is 76.6 Å². The quantitative estimate of drug-likeness (QED) is 0.727. The highest BCUT2D eigenvalue weighted by Crippen LogP contribution is 2.78. The predicted octanol–water partition coefficient (Wildman–Crippen LogP) is 3.05. The molecule has 3 heterocycles. The van der Waals surface area contributed by atoms with E-state index in [2.05, 4.69) is 26.9 Å².